The Hall–Kier alpha value is -3.03. The zero-order chi connectivity index (χ0) is 18.6. The van der Waals surface area contributed by atoms with Gasteiger partial charge in [0, 0.05) is 31.5 Å². The summed E-state index contributed by atoms with van der Waals surface area (Å²) in [7, 11) is 0. The normalized spacial score (nSPS) is 17.1. The number of aromatic nitrogens is 3. The van der Waals surface area contributed by atoms with Gasteiger partial charge in [0.25, 0.3) is 5.91 Å². The highest BCUT2D eigenvalue weighted by Crippen LogP contribution is 2.17. The highest BCUT2D eigenvalue weighted by molar-refractivity contribution is 5.93. The second kappa shape index (κ2) is 7.69. The fourth-order valence-corrected chi connectivity index (χ4v) is 3.26. The lowest BCUT2D eigenvalue weighted by molar-refractivity contribution is 0.0870. The van der Waals surface area contributed by atoms with E-state index in [2.05, 4.69) is 32.8 Å². The number of rotatable bonds is 5. The minimum Gasteiger partial charge on any atom is -0.390 e. The predicted molar refractivity (Wildman–Crippen MR) is 100 cm³/mol. The molecule has 3 N–H and O–H groups in total. The number of hydrogen-bond acceptors (Lipinski definition) is 5. The van der Waals surface area contributed by atoms with Crippen LogP contribution in [0.15, 0.2) is 61.2 Å². The van der Waals surface area contributed by atoms with Gasteiger partial charge in [0.1, 0.15) is 0 Å². The lowest BCUT2D eigenvalue weighted by Crippen LogP contribution is -2.49. The molecule has 0 aliphatic carbocycles. The number of benzene rings is 1. The number of aliphatic hydroxyl groups is 1. The Kier molecular flexibility index (Phi) is 4.95. The topological polar surface area (TPSA) is 92.1 Å². The third kappa shape index (κ3) is 3.89. The van der Waals surface area contributed by atoms with Crippen molar-refractivity contribution < 1.29 is 9.90 Å². The number of carbonyl (C=O) groups excluding carboxylic acids is 1. The molecule has 0 unspecified atom stereocenters. The second-order valence-electron chi connectivity index (χ2n) is 6.62. The third-order valence-electron chi connectivity index (χ3n) is 4.80. The smallest absolute Gasteiger partial charge is 0.254 e. The minimum atomic E-state index is -0.671. The van der Waals surface area contributed by atoms with Gasteiger partial charge in [-0.3, -0.25) is 9.78 Å². The molecule has 1 aliphatic heterocycles. The molecular formula is C20H21N5O2. The van der Waals surface area contributed by atoms with E-state index < -0.39 is 6.10 Å². The van der Waals surface area contributed by atoms with Gasteiger partial charge in [0.05, 0.1) is 29.7 Å². The molecule has 3 aromatic rings. The number of amides is 1. The fourth-order valence-electron chi connectivity index (χ4n) is 3.26. The van der Waals surface area contributed by atoms with E-state index in [0.29, 0.717) is 5.56 Å². The number of nitrogens with zero attached hydrogens (tertiary/aromatic N) is 3. The average molecular weight is 363 g/mol. The summed E-state index contributed by atoms with van der Waals surface area (Å²) in [6, 6.07) is 11.8. The molecule has 2 aromatic heterocycles. The van der Waals surface area contributed by atoms with Gasteiger partial charge in [-0.25, -0.2) is 4.68 Å². The molecule has 0 saturated heterocycles. The van der Waals surface area contributed by atoms with Crippen molar-refractivity contribution in [1.82, 2.24) is 25.4 Å². The maximum atomic E-state index is 12.4. The van der Waals surface area contributed by atoms with Crippen molar-refractivity contribution in [3.05, 3.63) is 77.9 Å². The maximum Gasteiger partial charge on any atom is 0.254 e. The fraction of sp³-hybridized carbons (Fsp3) is 0.250. The Morgan fingerprint density at radius 2 is 2.11 bits per heavy atom. The van der Waals surface area contributed by atoms with E-state index in [1.807, 2.05) is 24.3 Å². The first kappa shape index (κ1) is 17.4. The number of aliphatic hydroxyl groups excluding tert-OH is 1. The molecule has 0 fully saturated rings. The number of pyridine rings is 1. The summed E-state index contributed by atoms with van der Waals surface area (Å²) in [6.45, 7) is 0.903. The van der Waals surface area contributed by atoms with Crippen LogP contribution in [0.5, 0.6) is 0 Å². The molecule has 0 radical (unpaired) electrons. The molecule has 7 nitrogen and oxygen atoms in total. The van der Waals surface area contributed by atoms with Crippen molar-refractivity contribution in [2.75, 3.05) is 6.54 Å². The summed E-state index contributed by atoms with van der Waals surface area (Å²) in [5.41, 5.74) is 3.71. The van der Waals surface area contributed by atoms with Crippen molar-refractivity contribution in [2.45, 2.75) is 25.1 Å². The molecule has 1 amide bonds. The predicted octanol–water partition coefficient (Wildman–Crippen LogP) is 1.07. The summed E-state index contributed by atoms with van der Waals surface area (Å²) >= 11 is 0. The summed E-state index contributed by atoms with van der Waals surface area (Å²) in [6.07, 6.45) is 6.57. The van der Waals surface area contributed by atoms with E-state index in [0.717, 1.165) is 18.7 Å². The van der Waals surface area contributed by atoms with Gasteiger partial charge in [-0.15, -0.1) is 0 Å². The number of hydrogen-bond donors (Lipinski definition) is 3. The number of fused-ring (bicyclic) bond motifs is 1. The van der Waals surface area contributed by atoms with E-state index in [4.69, 9.17) is 0 Å². The molecule has 27 heavy (non-hydrogen) atoms. The van der Waals surface area contributed by atoms with Gasteiger partial charge in [0.15, 0.2) is 0 Å². The average Bonchev–Trinajstić information content (AvgIpc) is 3.22. The van der Waals surface area contributed by atoms with Gasteiger partial charge in [-0.2, -0.15) is 5.10 Å². The van der Waals surface area contributed by atoms with Crippen LogP contribution in [0.1, 0.15) is 21.5 Å². The van der Waals surface area contributed by atoms with E-state index in [-0.39, 0.29) is 18.5 Å². The zero-order valence-corrected chi connectivity index (χ0v) is 14.7. The van der Waals surface area contributed by atoms with Crippen molar-refractivity contribution in [3.63, 3.8) is 0 Å². The standard InChI is InChI=1S/C20H21N5O2/c26-19(18-8-14-4-1-2-5-15(14)9-22-18)12-23-20(27)16-10-24-25(13-16)17-6-3-7-21-11-17/h1-7,10-11,13,18-19,22,26H,8-9,12H2,(H,23,27)/t18-,19+/m0/s1. The highest BCUT2D eigenvalue weighted by atomic mass is 16.3. The first-order valence-corrected chi connectivity index (χ1v) is 8.92. The highest BCUT2D eigenvalue weighted by Gasteiger charge is 2.24. The van der Waals surface area contributed by atoms with Crippen molar-refractivity contribution in [1.29, 1.82) is 0 Å². The molecule has 138 valence electrons. The molecule has 2 atom stereocenters. The number of carbonyl (C=O) groups is 1. The Morgan fingerprint density at radius 3 is 2.93 bits per heavy atom. The maximum absolute atomic E-state index is 12.4. The molecule has 0 bridgehead atoms. The first-order chi connectivity index (χ1) is 13.2. The molecule has 1 aliphatic rings. The molecule has 7 heteroatoms. The van der Waals surface area contributed by atoms with E-state index in [9.17, 15) is 9.90 Å². The quantitative estimate of drug-likeness (QED) is 0.631. The minimum absolute atomic E-state index is 0.0849. The van der Waals surface area contributed by atoms with Gasteiger partial charge in [-0.1, -0.05) is 24.3 Å². The van der Waals surface area contributed by atoms with Gasteiger partial charge < -0.3 is 15.7 Å². The van der Waals surface area contributed by atoms with Gasteiger partial charge in [-0.05, 0) is 29.7 Å². The second-order valence-corrected chi connectivity index (χ2v) is 6.62. The largest absolute Gasteiger partial charge is 0.390 e. The van der Waals surface area contributed by atoms with Crippen LogP contribution in [0.3, 0.4) is 0 Å². The summed E-state index contributed by atoms with van der Waals surface area (Å²) in [4.78, 5) is 16.4. The van der Waals surface area contributed by atoms with Crippen LogP contribution in [-0.4, -0.2) is 44.5 Å². The Morgan fingerprint density at radius 1 is 1.26 bits per heavy atom. The third-order valence-corrected chi connectivity index (χ3v) is 4.80. The summed E-state index contributed by atoms with van der Waals surface area (Å²) in [5, 5.41) is 20.8. The lowest BCUT2D eigenvalue weighted by Gasteiger charge is -2.29. The van der Waals surface area contributed by atoms with Crippen molar-refractivity contribution >= 4 is 5.91 Å². The van der Waals surface area contributed by atoms with Crippen LogP contribution >= 0.6 is 0 Å². The molecule has 4 rings (SSSR count). The van der Waals surface area contributed by atoms with Crippen molar-refractivity contribution in [2.24, 2.45) is 0 Å². The van der Waals surface area contributed by atoms with Crippen LogP contribution in [0.2, 0.25) is 0 Å². The lowest BCUT2D eigenvalue weighted by atomic mass is 9.93. The van der Waals surface area contributed by atoms with Crippen molar-refractivity contribution in [3.8, 4) is 5.69 Å². The van der Waals surface area contributed by atoms with Crippen LogP contribution in [0.25, 0.3) is 5.69 Å². The van der Waals surface area contributed by atoms with E-state index in [1.54, 1.807) is 23.3 Å². The Bertz CT molecular complexity index is 925. The Balaban J connectivity index is 1.34. The summed E-state index contributed by atoms with van der Waals surface area (Å²) in [5.74, 6) is -0.264. The van der Waals surface area contributed by atoms with Gasteiger partial charge in [0.2, 0.25) is 0 Å². The molecule has 3 heterocycles. The van der Waals surface area contributed by atoms with Crippen LogP contribution in [0.4, 0.5) is 0 Å². The van der Waals surface area contributed by atoms with Crippen LogP contribution in [0, 0.1) is 0 Å². The first-order valence-electron chi connectivity index (χ1n) is 8.92. The zero-order valence-electron chi connectivity index (χ0n) is 14.7. The van der Waals surface area contributed by atoms with Gasteiger partial charge >= 0.3 is 0 Å². The molecule has 0 spiro atoms. The number of nitrogens with one attached hydrogen (secondary N) is 2. The Labute approximate surface area is 157 Å². The van der Waals surface area contributed by atoms with Crippen LogP contribution < -0.4 is 10.6 Å². The van der Waals surface area contributed by atoms with E-state index >= 15 is 0 Å². The van der Waals surface area contributed by atoms with Crippen LogP contribution in [-0.2, 0) is 13.0 Å². The molecular weight excluding hydrogens is 342 g/mol. The summed E-state index contributed by atoms with van der Waals surface area (Å²) < 4.78 is 1.60. The monoisotopic (exact) mass is 363 g/mol. The SMILES string of the molecule is O=C(NC[C@@H](O)[C@@H]1Cc2ccccc2CN1)c1cnn(-c2cccnc2)c1. The molecule has 0 saturated carbocycles. The molecule has 1 aromatic carbocycles. The van der Waals surface area contributed by atoms with E-state index in [1.165, 1.54) is 17.3 Å².